The Balaban J connectivity index is 1.53. The smallest absolute Gasteiger partial charge is 0.315 e. The van der Waals surface area contributed by atoms with Gasteiger partial charge in [-0.1, -0.05) is 12.8 Å². The summed E-state index contributed by atoms with van der Waals surface area (Å²) >= 11 is 0. The van der Waals surface area contributed by atoms with Crippen LogP contribution in [0.5, 0.6) is 0 Å². The van der Waals surface area contributed by atoms with E-state index < -0.39 is 10.0 Å². The van der Waals surface area contributed by atoms with E-state index >= 15 is 0 Å². The van der Waals surface area contributed by atoms with E-state index in [9.17, 15) is 0 Å². The molecule has 0 aromatic carbocycles. The van der Waals surface area contributed by atoms with Crippen LogP contribution in [-0.4, -0.2) is 46.3 Å². The molecule has 0 unspecified atom stereocenters. The molecule has 0 bridgehead atoms. The molecule has 0 aromatic rings. The van der Waals surface area contributed by atoms with Crippen molar-refractivity contribution in [1.29, 1.82) is 0 Å². The molecular weight excluding hydrogens is 208 g/mol. The van der Waals surface area contributed by atoms with Crippen molar-refractivity contribution < 1.29 is 9.05 Å². The molecule has 2 aliphatic heterocycles. The maximum absolute atomic E-state index is 5.69. The van der Waals surface area contributed by atoms with Crippen LogP contribution < -0.4 is 0 Å². The quantitative estimate of drug-likeness (QED) is 0.668. The second kappa shape index (κ2) is 6.60. The number of piperidine rings is 2. The normalized spacial score (nSPS) is 25.6. The topological polar surface area (TPSA) is 24.9 Å². The van der Waals surface area contributed by atoms with Gasteiger partial charge in [0.1, 0.15) is 0 Å². The van der Waals surface area contributed by atoms with Gasteiger partial charge in [-0.25, -0.2) is 0 Å². The van der Waals surface area contributed by atoms with Gasteiger partial charge in [0.2, 0.25) is 0 Å². The van der Waals surface area contributed by atoms with E-state index in [1.54, 1.807) is 0 Å². The first kappa shape index (κ1) is 11.5. The molecule has 5 heteroatoms. The Morgan fingerprint density at radius 3 is 1.40 bits per heavy atom. The summed E-state index contributed by atoms with van der Waals surface area (Å²) in [6, 6.07) is 0. The van der Waals surface area contributed by atoms with Gasteiger partial charge in [0.15, 0.2) is 0 Å². The third-order valence-corrected chi connectivity index (χ3v) is 4.04. The molecule has 0 saturated carbocycles. The molecule has 2 saturated heterocycles. The zero-order valence-electron chi connectivity index (χ0n) is 9.49. The van der Waals surface area contributed by atoms with E-state index in [-0.39, 0.29) is 0 Å². The molecule has 2 fully saturated rings. The van der Waals surface area contributed by atoms with Crippen molar-refractivity contribution in [3.63, 3.8) is 0 Å². The van der Waals surface area contributed by atoms with Gasteiger partial charge in [-0.15, -0.1) is 0 Å². The molecule has 0 radical (unpaired) electrons. The van der Waals surface area contributed by atoms with E-state index in [1.165, 1.54) is 38.5 Å². The van der Waals surface area contributed by atoms with Crippen molar-refractivity contribution in [3.8, 4) is 0 Å². The summed E-state index contributed by atoms with van der Waals surface area (Å²) in [6.45, 7) is 4.37. The van der Waals surface area contributed by atoms with Crippen LogP contribution in [0.25, 0.3) is 0 Å². The highest BCUT2D eigenvalue weighted by Gasteiger charge is 2.13. The summed E-state index contributed by atoms with van der Waals surface area (Å²) in [4.78, 5) is 0. The van der Waals surface area contributed by atoms with Gasteiger partial charge in [0.25, 0.3) is 0 Å². The van der Waals surface area contributed by atoms with Crippen LogP contribution in [0.15, 0.2) is 0 Å². The molecule has 88 valence electrons. The lowest BCUT2D eigenvalue weighted by Gasteiger charge is -2.29. The second-order valence-corrected chi connectivity index (χ2v) is 5.11. The molecule has 0 aromatic heterocycles. The number of hydrogen-bond donors (Lipinski definition) is 0. The summed E-state index contributed by atoms with van der Waals surface area (Å²) in [5.41, 5.74) is 0. The molecule has 0 aliphatic carbocycles. The predicted molar refractivity (Wildman–Crippen MR) is 61.6 cm³/mol. The van der Waals surface area contributed by atoms with Crippen LogP contribution in [0.4, 0.5) is 0 Å². The van der Waals surface area contributed by atoms with Crippen LogP contribution in [0.2, 0.25) is 0 Å². The summed E-state index contributed by atoms with van der Waals surface area (Å²) in [7, 11) is -0.827. The first-order valence-electron chi connectivity index (χ1n) is 6.21. The van der Waals surface area contributed by atoms with E-state index in [0.29, 0.717) is 0 Å². The van der Waals surface area contributed by atoms with Gasteiger partial charge in [-0.2, -0.15) is 10.1 Å². The molecular formula is C10H22N2O2Si. The van der Waals surface area contributed by atoms with Gasteiger partial charge in [0.05, 0.1) is 0 Å². The molecule has 2 rings (SSSR count). The molecule has 2 aliphatic rings. The average molecular weight is 230 g/mol. The highest BCUT2D eigenvalue weighted by atomic mass is 28.3. The number of hydrogen-bond acceptors (Lipinski definition) is 4. The highest BCUT2D eigenvalue weighted by molar-refractivity contribution is 6.17. The first-order chi connectivity index (χ1) is 7.45. The van der Waals surface area contributed by atoms with Crippen LogP contribution >= 0.6 is 0 Å². The van der Waals surface area contributed by atoms with Crippen LogP contribution in [0.1, 0.15) is 38.5 Å². The maximum atomic E-state index is 5.69. The Bertz CT molecular complexity index is 153. The van der Waals surface area contributed by atoms with Crippen molar-refractivity contribution in [2.75, 3.05) is 26.2 Å². The number of rotatable bonds is 4. The third-order valence-electron chi connectivity index (χ3n) is 3.10. The fourth-order valence-electron chi connectivity index (χ4n) is 2.16. The van der Waals surface area contributed by atoms with Gasteiger partial charge in [-0.05, 0) is 25.7 Å². The summed E-state index contributed by atoms with van der Waals surface area (Å²) in [6.07, 6.45) is 7.81. The van der Waals surface area contributed by atoms with Gasteiger partial charge >= 0.3 is 10.0 Å². The summed E-state index contributed by atoms with van der Waals surface area (Å²) in [5.74, 6) is 0. The Morgan fingerprint density at radius 1 is 0.600 bits per heavy atom. The minimum atomic E-state index is -0.827. The molecule has 2 heterocycles. The van der Waals surface area contributed by atoms with Crippen LogP contribution in [-0.2, 0) is 9.05 Å². The Hall–Kier alpha value is 0.0569. The van der Waals surface area contributed by atoms with Gasteiger partial charge < -0.3 is 9.05 Å². The lowest BCUT2D eigenvalue weighted by Crippen LogP contribution is -2.36. The second-order valence-electron chi connectivity index (χ2n) is 4.36. The largest absolute Gasteiger partial charge is 0.346 e. The minimum absolute atomic E-state index is 0.827. The van der Waals surface area contributed by atoms with E-state index in [0.717, 1.165) is 26.2 Å². The lowest BCUT2D eigenvalue weighted by atomic mass is 10.2. The van der Waals surface area contributed by atoms with Crippen molar-refractivity contribution in [3.05, 3.63) is 0 Å². The monoisotopic (exact) mass is 230 g/mol. The first-order valence-corrected chi connectivity index (χ1v) is 7.36. The number of hydroxylamine groups is 4. The van der Waals surface area contributed by atoms with E-state index in [2.05, 4.69) is 10.1 Å². The van der Waals surface area contributed by atoms with Gasteiger partial charge in [0, 0.05) is 26.2 Å². The van der Waals surface area contributed by atoms with Crippen molar-refractivity contribution >= 4 is 10.0 Å². The lowest BCUT2D eigenvalue weighted by molar-refractivity contribution is -0.138. The third kappa shape index (κ3) is 4.20. The average Bonchev–Trinajstić information content (AvgIpc) is 2.32. The Morgan fingerprint density at radius 2 is 1.00 bits per heavy atom. The Labute approximate surface area is 94.5 Å². The van der Waals surface area contributed by atoms with Gasteiger partial charge in [-0.3, -0.25) is 0 Å². The zero-order chi connectivity index (χ0) is 10.3. The van der Waals surface area contributed by atoms with Crippen LogP contribution in [0.3, 0.4) is 0 Å². The summed E-state index contributed by atoms with van der Waals surface area (Å²) in [5, 5.41) is 4.19. The minimum Gasteiger partial charge on any atom is -0.315 e. The molecule has 0 atom stereocenters. The van der Waals surface area contributed by atoms with E-state index in [1.807, 2.05) is 0 Å². The molecule has 4 nitrogen and oxygen atoms in total. The van der Waals surface area contributed by atoms with Crippen LogP contribution in [0, 0.1) is 0 Å². The summed E-state index contributed by atoms with van der Waals surface area (Å²) < 4.78 is 11.4. The van der Waals surface area contributed by atoms with Crippen molar-refractivity contribution in [2.24, 2.45) is 0 Å². The highest BCUT2D eigenvalue weighted by Crippen LogP contribution is 2.10. The molecule has 0 N–H and O–H groups in total. The van der Waals surface area contributed by atoms with E-state index in [4.69, 9.17) is 9.05 Å². The standard InChI is InChI=1S/C10H22N2O2Si/c1-3-7-11(8-4-1)13-15-14-12-9-5-2-6-10-12/h1-10,15H2. The van der Waals surface area contributed by atoms with Crippen molar-refractivity contribution in [1.82, 2.24) is 10.1 Å². The molecule has 0 amide bonds. The molecule has 15 heavy (non-hydrogen) atoms. The maximum Gasteiger partial charge on any atom is 0.346 e. The SMILES string of the molecule is C1CCN(O[SiH2]ON2CCCCC2)CC1. The number of nitrogens with zero attached hydrogens (tertiary/aromatic N) is 2. The fraction of sp³-hybridized carbons (Fsp3) is 1.00. The molecule has 0 spiro atoms. The Kier molecular flexibility index (Phi) is 5.08. The predicted octanol–water partition coefficient (Wildman–Crippen LogP) is 0.820. The zero-order valence-corrected chi connectivity index (χ0v) is 10.9. The fourth-order valence-corrected chi connectivity index (χ4v) is 3.02. The van der Waals surface area contributed by atoms with Crippen molar-refractivity contribution in [2.45, 2.75) is 38.5 Å².